The van der Waals surface area contributed by atoms with E-state index in [1.165, 1.54) is 12.8 Å². The zero-order valence-corrected chi connectivity index (χ0v) is 26.6. The van der Waals surface area contributed by atoms with Crippen molar-refractivity contribution < 1.29 is 14.4 Å². The fraction of sp³-hybridized carbons (Fsp3) is 0.844. The second-order valence-corrected chi connectivity index (χ2v) is 13.4. The van der Waals surface area contributed by atoms with Gasteiger partial charge in [-0.1, -0.05) is 40.2 Å². The molecule has 0 saturated carbocycles. The summed E-state index contributed by atoms with van der Waals surface area (Å²) < 4.78 is 0. The largest absolute Gasteiger partial charge is 0.343 e. The van der Waals surface area contributed by atoms with Gasteiger partial charge in [0.1, 0.15) is 6.04 Å². The zero-order chi connectivity index (χ0) is 29.6. The molecule has 3 fully saturated rings. The average molecular weight is 560 g/mol. The quantitative estimate of drug-likeness (QED) is 0.389. The van der Waals surface area contributed by atoms with Crippen LogP contribution in [-0.2, 0) is 14.4 Å². The van der Waals surface area contributed by atoms with E-state index in [1.54, 1.807) is 4.90 Å². The molecule has 3 amide bonds. The van der Waals surface area contributed by atoms with Crippen molar-refractivity contribution >= 4 is 17.7 Å². The van der Waals surface area contributed by atoms with Gasteiger partial charge in [-0.05, 0) is 90.8 Å². The van der Waals surface area contributed by atoms with E-state index in [0.29, 0.717) is 5.57 Å². The van der Waals surface area contributed by atoms with Gasteiger partial charge in [-0.25, -0.2) is 0 Å². The van der Waals surface area contributed by atoms with Gasteiger partial charge in [-0.2, -0.15) is 0 Å². The Balaban J connectivity index is 1.71. The van der Waals surface area contributed by atoms with Crippen LogP contribution in [0.25, 0.3) is 0 Å². The Morgan fingerprint density at radius 2 is 1.52 bits per heavy atom. The van der Waals surface area contributed by atoms with Crippen molar-refractivity contribution in [3.05, 3.63) is 11.6 Å². The van der Waals surface area contributed by atoms with E-state index >= 15 is 0 Å². The van der Waals surface area contributed by atoms with Gasteiger partial charge in [0.2, 0.25) is 17.7 Å². The molecule has 4 atom stereocenters. The molecule has 0 bridgehead atoms. The molecule has 0 aromatic rings. The van der Waals surface area contributed by atoms with Crippen LogP contribution in [0.1, 0.15) is 93.4 Å². The molecule has 3 aliphatic rings. The first kappa shape index (κ1) is 32.6. The summed E-state index contributed by atoms with van der Waals surface area (Å²) >= 11 is 0. The predicted octanol–water partition coefficient (Wildman–Crippen LogP) is 3.91. The maximum Gasteiger partial charge on any atom is 0.249 e. The number of likely N-dealkylation sites (tertiary alicyclic amines) is 3. The van der Waals surface area contributed by atoms with Crippen molar-refractivity contribution in [1.29, 1.82) is 0 Å². The molecule has 3 heterocycles. The SMILES string of the molecule is C/C(=C\[C@H](C(C)C)N(C)C(=O)C(NC(=O)[C@H]1CCCCN1C(C)C)C(C)C)C(=O)N1CCC[C@H]1CN1CCCC1. The third-order valence-corrected chi connectivity index (χ3v) is 9.28. The van der Waals surface area contributed by atoms with Crippen LogP contribution < -0.4 is 5.32 Å². The minimum Gasteiger partial charge on any atom is -0.343 e. The molecule has 3 rings (SSSR count). The molecule has 0 radical (unpaired) electrons. The molecule has 1 unspecified atom stereocenters. The third kappa shape index (κ3) is 8.09. The Bertz CT molecular complexity index is 895. The van der Waals surface area contributed by atoms with Crippen molar-refractivity contribution in [2.45, 2.75) is 124 Å². The molecular weight excluding hydrogens is 502 g/mol. The first-order chi connectivity index (χ1) is 18.9. The number of amides is 3. The monoisotopic (exact) mass is 559 g/mol. The summed E-state index contributed by atoms with van der Waals surface area (Å²) in [5.41, 5.74) is 0.701. The molecule has 8 heteroatoms. The van der Waals surface area contributed by atoms with Crippen LogP contribution in [0.4, 0.5) is 0 Å². The summed E-state index contributed by atoms with van der Waals surface area (Å²) in [6, 6.07) is -0.480. The number of piperidine rings is 1. The number of carbonyl (C=O) groups is 3. The van der Waals surface area contributed by atoms with E-state index in [4.69, 9.17) is 0 Å². The molecule has 1 N–H and O–H groups in total. The molecule has 0 spiro atoms. The van der Waals surface area contributed by atoms with E-state index < -0.39 is 6.04 Å². The Morgan fingerprint density at radius 3 is 2.12 bits per heavy atom. The van der Waals surface area contributed by atoms with E-state index in [0.717, 1.165) is 64.8 Å². The molecular formula is C32H57N5O3. The van der Waals surface area contributed by atoms with E-state index in [1.807, 2.05) is 33.9 Å². The molecule has 0 aromatic carbocycles. The molecule has 0 aromatic heterocycles. The van der Waals surface area contributed by atoms with Gasteiger partial charge in [0.05, 0.1) is 12.1 Å². The lowest BCUT2D eigenvalue weighted by Crippen LogP contribution is -2.58. The van der Waals surface area contributed by atoms with E-state index in [2.05, 4.69) is 47.7 Å². The van der Waals surface area contributed by atoms with Gasteiger partial charge < -0.3 is 20.0 Å². The van der Waals surface area contributed by atoms with Gasteiger partial charge in [-0.15, -0.1) is 0 Å². The third-order valence-electron chi connectivity index (χ3n) is 9.28. The molecule has 3 aliphatic heterocycles. The van der Waals surface area contributed by atoms with Crippen molar-refractivity contribution in [3.63, 3.8) is 0 Å². The molecule has 3 saturated heterocycles. The number of hydrogen-bond donors (Lipinski definition) is 1. The maximum absolute atomic E-state index is 13.9. The van der Waals surface area contributed by atoms with Crippen molar-refractivity contribution in [2.75, 3.05) is 39.8 Å². The first-order valence-electron chi connectivity index (χ1n) is 16.0. The summed E-state index contributed by atoms with van der Waals surface area (Å²) in [5, 5.41) is 3.13. The Kier molecular flexibility index (Phi) is 12.1. The number of nitrogens with zero attached hydrogens (tertiary/aromatic N) is 4. The number of likely N-dealkylation sites (N-methyl/N-ethyl adjacent to an activating group) is 1. The van der Waals surface area contributed by atoms with Crippen LogP contribution in [0.3, 0.4) is 0 Å². The summed E-state index contributed by atoms with van der Waals surface area (Å²) in [5.74, 6) is 0.0147. The first-order valence-corrected chi connectivity index (χ1v) is 16.0. The van der Waals surface area contributed by atoms with Crippen LogP contribution in [0, 0.1) is 11.8 Å². The summed E-state index contributed by atoms with van der Waals surface area (Å²) in [4.78, 5) is 49.5. The Hall–Kier alpha value is -1.93. The van der Waals surface area contributed by atoms with Crippen LogP contribution in [0.2, 0.25) is 0 Å². The summed E-state index contributed by atoms with van der Waals surface area (Å²) in [7, 11) is 1.82. The van der Waals surface area contributed by atoms with Gasteiger partial charge in [0.15, 0.2) is 0 Å². The van der Waals surface area contributed by atoms with Gasteiger partial charge in [-0.3, -0.25) is 19.3 Å². The summed E-state index contributed by atoms with van der Waals surface area (Å²) in [6.45, 7) is 19.3. The van der Waals surface area contributed by atoms with Crippen LogP contribution >= 0.6 is 0 Å². The van der Waals surface area contributed by atoms with E-state index in [9.17, 15) is 14.4 Å². The van der Waals surface area contributed by atoms with Gasteiger partial charge in [0, 0.05) is 37.8 Å². The molecule has 228 valence electrons. The van der Waals surface area contributed by atoms with Crippen molar-refractivity contribution in [2.24, 2.45) is 11.8 Å². The minimum atomic E-state index is -0.609. The Labute approximate surface area is 243 Å². The highest BCUT2D eigenvalue weighted by atomic mass is 16.2. The fourth-order valence-electron chi connectivity index (χ4n) is 6.84. The highest BCUT2D eigenvalue weighted by Crippen LogP contribution is 2.24. The predicted molar refractivity (Wildman–Crippen MR) is 162 cm³/mol. The highest BCUT2D eigenvalue weighted by Gasteiger charge is 2.37. The number of rotatable bonds is 11. The number of carbonyl (C=O) groups excluding carboxylic acids is 3. The highest BCUT2D eigenvalue weighted by molar-refractivity contribution is 5.94. The zero-order valence-electron chi connectivity index (χ0n) is 26.6. The van der Waals surface area contributed by atoms with Crippen molar-refractivity contribution in [3.8, 4) is 0 Å². The molecule has 40 heavy (non-hydrogen) atoms. The van der Waals surface area contributed by atoms with Gasteiger partial charge >= 0.3 is 0 Å². The standard InChI is InChI=1S/C32H57N5O3/c1-22(2)28(20-25(7)31(39)37-19-13-14-26(37)21-35-16-11-12-17-35)34(8)32(40)29(23(3)4)33-30(38)27-15-9-10-18-36(27)24(5)6/h20,22-24,26-29H,9-19,21H2,1-8H3,(H,33,38)/b25-20+/t26-,27+,28+,29?/m0/s1. The molecule has 0 aliphatic carbocycles. The Morgan fingerprint density at radius 1 is 0.875 bits per heavy atom. The van der Waals surface area contributed by atoms with E-state index in [-0.39, 0.29) is 53.7 Å². The lowest BCUT2D eigenvalue weighted by molar-refractivity contribution is -0.140. The minimum absolute atomic E-state index is 0.0464. The second-order valence-electron chi connectivity index (χ2n) is 13.4. The average Bonchev–Trinajstić information content (AvgIpc) is 3.61. The lowest BCUT2D eigenvalue weighted by Gasteiger charge is -2.39. The maximum atomic E-state index is 13.9. The number of hydrogen-bond acceptors (Lipinski definition) is 5. The number of nitrogens with one attached hydrogen (secondary N) is 1. The second kappa shape index (κ2) is 14.8. The fourth-order valence-corrected chi connectivity index (χ4v) is 6.84. The smallest absolute Gasteiger partial charge is 0.249 e. The van der Waals surface area contributed by atoms with Gasteiger partial charge in [0.25, 0.3) is 0 Å². The molecule has 8 nitrogen and oxygen atoms in total. The van der Waals surface area contributed by atoms with Crippen LogP contribution in [0.15, 0.2) is 11.6 Å². The lowest BCUT2D eigenvalue weighted by atomic mass is 9.95. The normalized spacial score (nSPS) is 24.7. The van der Waals surface area contributed by atoms with Crippen molar-refractivity contribution in [1.82, 2.24) is 24.9 Å². The van der Waals surface area contributed by atoms with Crippen LogP contribution in [0.5, 0.6) is 0 Å². The summed E-state index contributed by atoms with van der Waals surface area (Å²) in [6.07, 6.45) is 9.57. The van der Waals surface area contributed by atoms with Crippen LogP contribution in [-0.4, -0.2) is 107 Å². The topological polar surface area (TPSA) is 76.2 Å².